The average Bonchev–Trinajstić information content (AvgIpc) is 3.27. The number of imide groups is 1. The standard InChI is InChI=1S/C20H23ClN4O5/c1-30-8-2-7-25-17(27)15-13(5-6-14(22)26)24-20(16(15)18(25)28)11-9-10(21)3-4-12(11)23-19(20)29/h3-4,9,13,15-16,24H,2,5-8H2,1H3,(H2,22,26)(H,23,29)/t13-,15+,16-,20+/m0/s1. The monoisotopic (exact) mass is 434 g/mol. The van der Waals surface area contributed by atoms with Gasteiger partial charge in [-0.1, -0.05) is 11.6 Å². The molecule has 160 valence electrons. The van der Waals surface area contributed by atoms with Crippen molar-refractivity contribution in [1.29, 1.82) is 0 Å². The van der Waals surface area contributed by atoms with Gasteiger partial charge >= 0.3 is 0 Å². The van der Waals surface area contributed by atoms with Gasteiger partial charge in [-0.25, -0.2) is 0 Å². The van der Waals surface area contributed by atoms with E-state index < -0.39 is 41.1 Å². The third-order valence-corrected chi connectivity index (χ3v) is 6.44. The quantitative estimate of drug-likeness (QED) is 0.419. The van der Waals surface area contributed by atoms with Crippen LogP contribution < -0.4 is 16.4 Å². The minimum absolute atomic E-state index is 0.0339. The van der Waals surface area contributed by atoms with Crippen LogP contribution in [0.25, 0.3) is 0 Å². The molecule has 0 aliphatic carbocycles. The second-order valence-electron chi connectivity index (χ2n) is 7.89. The van der Waals surface area contributed by atoms with Crippen molar-refractivity contribution in [2.75, 3.05) is 25.6 Å². The maximum atomic E-state index is 13.4. The van der Waals surface area contributed by atoms with Crippen molar-refractivity contribution in [1.82, 2.24) is 10.2 Å². The summed E-state index contributed by atoms with van der Waals surface area (Å²) >= 11 is 6.19. The summed E-state index contributed by atoms with van der Waals surface area (Å²) in [5.41, 5.74) is 4.97. The Kier molecular flexibility index (Phi) is 5.29. The Hall–Kier alpha value is -2.49. The fraction of sp³-hybridized carbons (Fsp3) is 0.500. The van der Waals surface area contributed by atoms with E-state index in [0.717, 1.165) is 0 Å². The summed E-state index contributed by atoms with van der Waals surface area (Å²) in [4.78, 5) is 52.4. The normalized spacial score (nSPS) is 29.5. The zero-order valence-electron chi connectivity index (χ0n) is 16.4. The number of primary amides is 1. The Labute approximate surface area is 178 Å². The number of rotatable bonds is 7. The van der Waals surface area contributed by atoms with Crippen LogP contribution in [0.1, 0.15) is 24.8 Å². The highest BCUT2D eigenvalue weighted by atomic mass is 35.5. The van der Waals surface area contributed by atoms with Crippen LogP contribution in [0, 0.1) is 11.8 Å². The Morgan fingerprint density at radius 1 is 1.30 bits per heavy atom. The number of carbonyl (C=O) groups is 4. The van der Waals surface area contributed by atoms with Crippen LogP contribution in [0.2, 0.25) is 5.02 Å². The number of nitrogens with one attached hydrogen (secondary N) is 2. The molecule has 3 aliphatic rings. The number of anilines is 1. The molecule has 2 fully saturated rings. The number of ether oxygens (including phenoxy) is 1. The summed E-state index contributed by atoms with van der Waals surface area (Å²) in [5.74, 6) is -3.36. The first kappa shape index (κ1) is 20.8. The van der Waals surface area contributed by atoms with Crippen LogP contribution in [0.15, 0.2) is 18.2 Å². The lowest BCUT2D eigenvalue weighted by Crippen LogP contribution is -2.53. The van der Waals surface area contributed by atoms with Crippen LogP contribution in [0.5, 0.6) is 0 Å². The molecular formula is C20H23ClN4O5. The van der Waals surface area contributed by atoms with Gasteiger partial charge in [-0.3, -0.25) is 29.4 Å². The smallest absolute Gasteiger partial charge is 0.250 e. The van der Waals surface area contributed by atoms with E-state index in [1.807, 2.05) is 0 Å². The van der Waals surface area contributed by atoms with Crippen LogP contribution in [0.3, 0.4) is 0 Å². The van der Waals surface area contributed by atoms with Gasteiger partial charge in [-0.05, 0) is 31.0 Å². The number of methoxy groups -OCH3 is 1. The highest BCUT2D eigenvalue weighted by molar-refractivity contribution is 6.31. The number of nitrogens with zero attached hydrogens (tertiary/aromatic N) is 1. The molecule has 0 saturated carbocycles. The molecule has 4 rings (SSSR count). The molecule has 9 nitrogen and oxygen atoms in total. The van der Waals surface area contributed by atoms with Gasteiger partial charge in [-0.15, -0.1) is 0 Å². The van der Waals surface area contributed by atoms with Gasteiger partial charge in [-0.2, -0.15) is 0 Å². The van der Waals surface area contributed by atoms with Gasteiger partial charge in [0.15, 0.2) is 0 Å². The van der Waals surface area contributed by atoms with Crippen molar-refractivity contribution in [3.63, 3.8) is 0 Å². The molecule has 1 spiro atoms. The highest BCUT2D eigenvalue weighted by Crippen LogP contribution is 2.53. The number of halogens is 1. The first-order chi connectivity index (χ1) is 14.3. The third kappa shape index (κ3) is 3.00. The molecule has 2 saturated heterocycles. The molecule has 1 aromatic rings. The largest absolute Gasteiger partial charge is 0.385 e. The minimum atomic E-state index is -1.42. The molecule has 30 heavy (non-hydrogen) atoms. The van der Waals surface area contributed by atoms with E-state index in [1.54, 1.807) is 25.3 Å². The van der Waals surface area contributed by atoms with Crippen LogP contribution >= 0.6 is 11.6 Å². The van der Waals surface area contributed by atoms with Gasteiger partial charge in [0.25, 0.3) is 0 Å². The number of amides is 4. The molecule has 0 aromatic heterocycles. The van der Waals surface area contributed by atoms with Crippen LogP contribution in [0.4, 0.5) is 5.69 Å². The lowest BCUT2D eigenvalue weighted by atomic mass is 9.76. The molecule has 10 heteroatoms. The number of carbonyl (C=O) groups excluding carboxylic acids is 4. The summed E-state index contributed by atoms with van der Waals surface area (Å²) in [6, 6.07) is 4.41. The molecule has 3 heterocycles. The Balaban J connectivity index is 1.77. The molecule has 4 amide bonds. The number of hydrogen-bond acceptors (Lipinski definition) is 6. The SMILES string of the molecule is COCCCN1C(=O)[C@@H]2[C@H](CCC(N)=O)N[C@@]3(C(=O)Nc4ccc(Cl)cc43)[C@@H]2C1=O. The van der Waals surface area contributed by atoms with Crippen molar-refractivity contribution in [3.05, 3.63) is 28.8 Å². The zero-order valence-corrected chi connectivity index (χ0v) is 17.2. The highest BCUT2D eigenvalue weighted by Gasteiger charge is 2.70. The lowest BCUT2D eigenvalue weighted by molar-refractivity contribution is -0.143. The van der Waals surface area contributed by atoms with Gasteiger partial charge in [0.05, 0.1) is 11.8 Å². The van der Waals surface area contributed by atoms with Crippen molar-refractivity contribution < 1.29 is 23.9 Å². The van der Waals surface area contributed by atoms with Gasteiger partial charge < -0.3 is 15.8 Å². The molecule has 3 aliphatic heterocycles. The summed E-state index contributed by atoms with van der Waals surface area (Å²) in [6.45, 7) is 0.612. The zero-order chi connectivity index (χ0) is 21.6. The summed E-state index contributed by atoms with van der Waals surface area (Å²) < 4.78 is 5.03. The van der Waals surface area contributed by atoms with Crippen LogP contribution in [-0.2, 0) is 29.5 Å². The van der Waals surface area contributed by atoms with Crippen molar-refractivity contribution >= 4 is 40.9 Å². The van der Waals surface area contributed by atoms with Crippen molar-refractivity contribution in [2.45, 2.75) is 30.8 Å². The molecule has 0 radical (unpaired) electrons. The summed E-state index contributed by atoms with van der Waals surface area (Å²) in [6.07, 6.45) is 0.771. The minimum Gasteiger partial charge on any atom is -0.385 e. The van der Waals surface area contributed by atoms with E-state index in [2.05, 4.69) is 10.6 Å². The number of hydrogen-bond donors (Lipinski definition) is 3. The average molecular weight is 435 g/mol. The van der Waals surface area contributed by atoms with Crippen molar-refractivity contribution in [3.8, 4) is 0 Å². The van der Waals surface area contributed by atoms with Gasteiger partial charge in [0, 0.05) is 49.0 Å². The number of benzene rings is 1. The van der Waals surface area contributed by atoms with E-state index in [0.29, 0.717) is 29.3 Å². The van der Waals surface area contributed by atoms with E-state index in [1.165, 1.54) is 4.90 Å². The summed E-state index contributed by atoms with van der Waals surface area (Å²) in [5, 5.41) is 6.45. The molecule has 4 atom stereocenters. The molecular weight excluding hydrogens is 412 g/mol. The van der Waals surface area contributed by atoms with E-state index in [9.17, 15) is 19.2 Å². The molecule has 0 bridgehead atoms. The fourth-order valence-corrected chi connectivity index (χ4v) is 5.14. The Bertz CT molecular complexity index is 938. The Morgan fingerprint density at radius 2 is 2.07 bits per heavy atom. The van der Waals surface area contributed by atoms with E-state index in [-0.39, 0.29) is 25.3 Å². The first-order valence-corrected chi connectivity index (χ1v) is 10.2. The third-order valence-electron chi connectivity index (χ3n) is 6.20. The maximum Gasteiger partial charge on any atom is 0.250 e. The maximum absolute atomic E-state index is 13.4. The van der Waals surface area contributed by atoms with Crippen molar-refractivity contribution in [2.24, 2.45) is 17.6 Å². The number of likely N-dealkylation sites (tertiary alicyclic amines) is 1. The molecule has 1 aromatic carbocycles. The predicted octanol–water partition coefficient (Wildman–Crippen LogP) is 0.362. The predicted molar refractivity (Wildman–Crippen MR) is 107 cm³/mol. The second-order valence-corrected chi connectivity index (χ2v) is 8.32. The van der Waals surface area contributed by atoms with Crippen LogP contribution in [-0.4, -0.2) is 54.8 Å². The first-order valence-electron chi connectivity index (χ1n) is 9.83. The lowest BCUT2D eigenvalue weighted by Gasteiger charge is -2.29. The topological polar surface area (TPSA) is 131 Å². The molecule has 0 unspecified atom stereocenters. The van der Waals surface area contributed by atoms with Gasteiger partial charge in [0.1, 0.15) is 5.54 Å². The van der Waals surface area contributed by atoms with E-state index in [4.69, 9.17) is 22.1 Å². The van der Waals surface area contributed by atoms with E-state index >= 15 is 0 Å². The number of fused-ring (bicyclic) bond motifs is 4. The fourth-order valence-electron chi connectivity index (χ4n) is 4.97. The van der Waals surface area contributed by atoms with Gasteiger partial charge in [0.2, 0.25) is 23.6 Å². The Morgan fingerprint density at radius 3 is 2.77 bits per heavy atom. The second kappa shape index (κ2) is 7.64. The number of nitrogens with two attached hydrogens (primary N) is 1. The molecule has 4 N–H and O–H groups in total. The summed E-state index contributed by atoms with van der Waals surface area (Å²) in [7, 11) is 1.55.